The first-order valence-electron chi connectivity index (χ1n) is 7.81. The minimum Gasteiger partial charge on any atom is -0.496 e. The molecule has 2 aromatic rings. The van der Waals surface area contributed by atoms with Crippen molar-refractivity contribution in [3.05, 3.63) is 52.6 Å². The predicted octanol–water partition coefficient (Wildman–Crippen LogP) is 2.34. The summed E-state index contributed by atoms with van der Waals surface area (Å²) in [5, 5.41) is 0. The van der Waals surface area contributed by atoms with Crippen LogP contribution in [0.4, 0.5) is 0 Å². The van der Waals surface area contributed by atoms with Gasteiger partial charge in [-0.15, -0.1) is 0 Å². The van der Waals surface area contributed by atoms with E-state index in [-0.39, 0.29) is 0 Å². The van der Waals surface area contributed by atoms with Crippen LogP contribution < -0.4 is 9.64 Å². The van der Waals surface area contributed by atoms with E-state index in [4.69, 9.17) is 4.74 Å². The highest BCUT2D eigenvalue weighted by Gasteiger charge is 2.36. The van der Waals surface area contributed by atoms with Gasteiger partial charge in [-0.05, 0) is 29.2 Å². The number of aryl methyl sites for hydroxylation is 1. The number of methoxy groups -OCH3 is 1. The van der Waals surface area contributed by atoms with E-state index in [1.807, 2.05) is 0 Å². The van der Waals surface area contributed by atoms with Crippen LogP contribution in [0.25, 0.3) is 11.1 Å². The Balaban J connectivity index is 2.04. The fraction of sp³-hybridized carbons (Fsp3) is 0.368. The third-order valence-electron chi connectivity index (χ3n) is 5.27. The van der Waals surface area contributed by atoms with Gasteiger partial charge in [-0.25, -0.2) is 0 Å². The molecular weight excluding hydrogens is 258 g/mol. The number of nitrogens with one attached hydrogen (secondary N) is 1. The molecule has 0 bridgehead atoms. The second-order valence-electron chi connectivity index (χ2n) is 6.43. The lowest BCUT2D eigenvalue weighted by Crippen LogP contribution is -3.10. The van der Waals surface area contributed by atoms with Crippen molar-refractivity contribution >= 4 is 0 Å². The van der Waals surface area contributed by atoms with Gasteiger partial charge in [0.2, 0.25) is 0 Å². The summed E-state index contributed by atoms with van der Waals surface area (Å²) in [6, 6.07) is 11.9. The molecule has 2 aromatic carbocycles. The van der Waals surface area contributed by atoms with E-state index in [9.17, 15) is 0 Å². The fourth-order valence-electron chi connectivity index (χ4n) is 4.17. The van der Waals surface area contributed by atoms with Gasteiger partial charge in [0.05, 0.1) is 20.7 Å². The lowest BCUT2D eigenvalue weighted by molar-refractivity contribution is -0.914. The predicted molar refractivity (Wildman–Crippen MR) is 85.1 cm³/mol. The van der Waals surface area contributed by atoms with Crippen molar-refractivity contribution in [2.24, 2.45) is 0 Å². The minimum atomic E-state index is 0.602. The zero-order valence-corrected chi connectivity index (χ0v) is 13.0. The van der Waals surface area contributed by atoms with E-state index in [1.54, 1.807) is 17.6 Å². The second kappa shape index (κ2) is 4.60. The van der Waals surface area contributed by atoms with Gasteiger partial charge in [-0.1, -0.05) is 30.3 Å². The molecule has 0 saturated carbocycles. The Labute approximate surface area is 126 Å². The van der Waals surface area contributed by atoms with Crippen LogP contribution in [0.5, 0.6) is 5.75 Å². The lowest BCUT2D eigenvalue weighted by atomic mass is 9.76. The number of benzene rings is 2. The van der Waals surface area contributed by atoms with Crippen LogP contribution in [-0.4, -0.2) is 20.7 Å². The number of quaternary nitrogens is 1. The molecule has 0 saturated heterocycles. The third-order valence-corrected chi connectivity index (χ3v) is 5.27. The molecule has 108 valence electrons. The highest BCUT2D eigenvalue weighted by molar-refractivity contribution is 5.81. The summed E-state index contributed by atoms with van der Waals surface area (Å²) >= 11 is 0. The normalized spacial score (nSPS) is 22.4. The summed E-state index contributed by atoms with van der Waals surface area (Å²) < 4.78 is 5.75. The van der Waals surface area contributed by atoms with Crippen molar-refractivity contribution in [3.8, 4) is 16.9 Å². The Morgan fingerprint density at radius 2 is 2.00 bits per heavy atom. The Bertz CT molecular complexity index is 720. The number of hydrogen-bond donors (Lipinski definition) is 1. The molecule has 2 nitrogen and oxygen atoms in total. The molecule has 1 heterocycles. The molecule has 0 fully saturated rings. The van der Waals surface area contributed by atoms with Crippen molar-refractivity contribution < 1.29 is 9.64 Å². The molecule has 0 amide bonds. The first-order chi connectivity index (χ1) is 10.2. The van der Waals surface area contributed by atoms with Crippen LogP contribution in [0.3, 0.4) is 0 Å². The molecule has 4 rings (SSSR count). The second-order valence-corrected chi connectivity index (χ2v) is 6.43. The number of ether oxygens (including phenoxy) is 1. The molecule has 0 spiro atoms. The van der Waals surface area contributed by atoms with Crippen LogP contribution in [0.1, 0.15) is 28.3 Å². The van der Waals surface area contributed by atoms with Gasteiger partial charge >= 0.3 is 0 Å². The average Bonchev–Trinajstić information content (AvgIpc) is 2.51. The highest BCUT2D eigenvalue weighted by atomic mass is 16.5. The summed E-state index contributed by atoms with van der Waals surface area (Å²) in [4.78, 5) is 1.64. The molecule has 1 aliphatic heterocycles. The van der Waals surface area contributed by atoms with Crippen molar-refractivity contribution in [1.29, 1.82) is 0 Å². The van der Waals surface area contributed by atoms with E-state index < -0.39 is 0 Å². The molecule has 2 atom stereocenters. The average molecular weight is 280 g/mol. The molecule has 2 heteroatoms. The van der Waals surface area contributed by atoms with Gasteiger partial charge in [0.25, 0.3) is 0 Å². The van der Waals surface area contributed by atoms with Crippen molar-refractivity contribution in [2.45, 2.75) is 25.8 Å². The smallest absolute Gasteiger partial charge is 0.129 e. The van der Waals surface area contributed by atoms with E-state index in [1.165, 1.54) is 40.8 Å². The molecule has 1 N–H and O–H groups in total. The van der Waals surface area contributed by atoms with Crippen molar-refractivity contribution in [2.75, 3.05) is 20.7 Å². The van der Waals surface area contributed by atoms with Gasteiger partial charge in [-0.3, -0.25) is 0 Å². The number of fused-ring (bicyclic) bond motifs is 2. The number of rotatable bonds is 1. The topological polar surface area (TPSA) is 13.7 Å². The van der Waals surface area contributed by atoms with E-state index >= 15 is 0 Å². The van der Waals surface area contributed by atoms with Crippen LogP contribution in [-0.2, 0) is 12.8 Å². The number of hydrogen-bond acceptors (Lipinski definition) is 1. The summed E-state index contributed by atoms with van der Waals surface area (Å²) in [7, 11) is 4.13. The van der Waals surface area contributed by atoms with Crippen LogP contribution in [0, 0.1) is 6.92 Å². The maximum absolute atomic E-state index is 5.75. The monoisotopic (exact) mass is 280 g/mol. The van der Waals surface area contributed by atoms with Crippen LogP contribution in [0.15, 0.2) is 30.3 Å². The first kappa shape index (κ1) is 12.9. The van der Waals surface area contributed by atoms with Gasteiger partial charge in [0, 0.05) is 24.0 Å². The third kappa shape index (κ3) is 1.75. The highest BCUT2D eigenvalue weighted by Crippen LogP contribution is 2.45. The molecule has 0 aromatic heterocycles. The summed E-state index contributed by atoms with van der Waals surface area (Å²) in [6.45, 7) is 3.37. The summed E-state index contributed by atoms with van der Waals surface area (Å²) in [5.74, 6) is 1.06. The summed E-state index contributed by atoms with van der Waals surface area (Å²) in [6.07, 6.45) is 2.32. The fourth-order valence-corrected chi connectivity index (χ4v) is 4.17. The molecule has 2 aliphatic rings. The molecule has 21 heavy (non-hydrogen) atoms. The van der Waals surface area contributed by atoms with Gasteiger partial charge in [0.1, 0.15) is 11.8 Å². The standard InChI is InChI=1S/C19H21NO/c1-12-7-8-14-11-16-17-13(9-10-20(16)2)5-4-6-15(17)18(14)19(12)21-3/h4-8,16H,9-11H2,1-3H3/p+1. The Morgan fingerprint density at radius 1 is 1.14 bits per heavy atom. The largest absolute Gasteiger partial charge is 0.496 e. The van der Waals surface area contributed by atoms with Gasteiger partial charge in [0.15, 0.2) is 0 Å². The van der Waals surface area contributed by atoms with Crippen molar-refractivity contribution in [3.63, 3.8) is 0 Å². The van der Waals surface area contributed by atoms with Crippen LogP contribution >= 0.6 is 0 Å². The molecular formula is C19H22NO+. The zero-order chi connectivity index (χ0) is 14.6. The van der Waals surface area contributed by atoms with E-state index in [2.05, 4.69) is 44.3 Å². The molecule has 0 radical (unpaired) electrons. The SMILES string of the molecule is COc1c(C)ccc2c1-c1cccc3c1C(C2)[NH+](C)CC3. The van der Waals surface area contributed by atoms with Gasteiger partial charge < -0.3 is 9.64 Å². The van der Waals surface area contributed by atoms with E-state index in [0.717, 1.165) is 12.2 Å². The Morgan fingerprint density at radius 3 is 2.81 bits per heavy atom. The minimum absolute atomic E-state index is 0.602. The molecule has 2 unspecified atom stereocenters. The Hall–Kier alpha value is -1.80. The number of likely N-dealkylation sites (N-methyl/N-ethyl adjacent to an activating group) is 1. The summed E-state index contributed by atoms with van der Waals surface area (Å²) in [5.41, 5.74) is 8.51. The zero-order valence-electron chi connectivity index (χ0n) is 13.0. The maximum Gasteiger partial charge on any atom is 0.129 e. The van der Waals surface area contributed by atoms with E-state index in [0.29, 0.717) is 6.04 Å². The molecule has 1 aliphatic carbocycles. The first-order valence-corrected chi connectivity index (χ1v) is 7.81. The van der Waals surface area contributed by atoms with Crippen LogP contribution in [0.2, 0.25) is 0 Å². The van der Waals surface area contributed by atoms with Crippen molar-refractivity contribution in [1.82, 2.24) is 0 Å². The maximum atomic E-state index is 5.75. The van der Waals surface area contributed by atoms with Gasteiger partial charge in [-0.2, -0.15) is 0 Å². The Kier molecular flexibility index (Phi) is 2.83. The quantitative estimate of drug-likeness (QED) is 0.846. The lowest BCUT2D eigenvalue weighted by Gasteiger charge is -2.37.